The van der Waals surface area contributed by atoms with E-state index in [0.717, 1.165) is 5.69 Å². The van der Waals surface area contributed by atoms with Crippen molar-refractivity contribution < 1.29 is 4.79 Å². The smallest absolute Gasteiger partial charge is 0.272 e. The van der Waals surface area contributed by atoms with Crippen LogP contribution in [0.15, 0.2) is 36.4 Å². The first-order chi connectivity index (χ1) is 10.6. The van der Waals surface area contributed by atoms with Crippen molar-refractivity contribution in [2.24, 2.45) is 0 Å². The molecular formula is C17H22N4O. The third-order valence-corrected chi connectivity index (χ3v) is 3.58. The average molecular weight is 298 g/mol. The lowest BCUT2D eigenvalue weighted by atomic mass is 10.2. The van der Waals surface area contributed by atoms with Gasteiger partial charge >= 0.3 is 0 Å². The van der Waals surface area contributed by atoms with Gasteiger partial charge < -0.3 is 9.80 Å². The van der Waals surface area contributed by atoms with E-state index in [1.807, 2.05) is 56.1 Å². The number of amides is 1. The Kier molecular flexibility index (Phi) is 5.09. The van der Waals surface area contributed by atoms with Gasteiger partial charge in [0.05, 0.1) is 0 Å². The summed E-state index contributed by atoms with van der Waals surface area (Å²) in [6.07, 6.45) is 0. The maximum atomic E-state index is 12.5. The van der Waals surface area contributed by atoms with E-state index in [1.54, 1.807) is 17.9 Å². The number of aryl methyl sites for hydroxylation is 1. The summed E-state index contributed by atoms with van der Waals surface area (Å²) in [5, 5.41) is 0. The molecule has 2 aromatic rings. The lowest BCUT2D eigenvalue weighted by molar-refractivity contribution is 0.0766. The summed E-state index contributed by atoms with van der Waals surface area (Å²) in [6.45, 7) is 7.07. The number of hydrogen-bond acceptors (Lipinski definition) is 4. The van der Waals surface area contributed by atoms with E-state index in [0.29, 0.717) is 30.4 Å². The third kappa shape index (κ3) is 3.42. The van der Waals surface area contributed by atoms with E-state index in [-0.39, 0.29) is 5.91 Å². The molecule has 0 N–H and O–H groups in total. The molecule has 0 bridgehead atoms. The van der Waals surface area contributed by atoms with Gasteiger partial charge in [0, 0.05) is 31.9 Å². The van der Waals surface area contributed by atoms with E-state index in [2.05, 4.69) is 9.97 Å². The van der Waals surface area contributed by atoms with Crippen molar-refractivity contribution in [1.29, 1.82) is 0 Å². The SMILES string of the molecule is CCN(CC)C(=O)c1cc(N(C)c2ccccc2)nc(C)n1. The second-order valence-electron chi connectivity index (χ2n) is 5.03. The van der Waals surface area contributed by atoms with Gasteiger partial charge in [0.2, 0.25) is 0 Å². The van der Waals surface area contributed by atoms with Crippen LogP contribution in [-0.2, 0) is 0 Å². The van der Waals surface area contributed by atoms with Crippen molar-refractivity contribution in [2.75, 3.05) is 25.0 Å². The minimum Gasteiger partial charge on any atom is -0.338 e. The first-order valence-corrected chi connectivity index (χ1v) is 7.50. The Morgan fingerprint density at radius 3 is 2.32 bits per heavy atom. The highest BCUT2D eigenvalue weighted by Crippen LogP contribution is 2.22. The van der Waals surface area contributed by atoms with Crippen molar-refractivity contribution in [3.63, 3.8) is 0 Å². The van der Waals surface area contributed by atoms with Crippen molar-refractivity contribution in [3.8, 4) is 0 Å². The van der Waals surface area contributed by atoms with Gasteiger partial charge in [-0.3, -0.25) is 4.79 Å². The largest absolute Gasteiger partial charge is 0.338 e. The molecule has 0 aliphatic carbocycles. The van der Waals surface area contributed by atoms with Gasteiger partial charge in [0.25, 0.3) is 5.91 Å². The minimum atomic E-state index is -0.0572. The monoisotopic (exact) mass is 298 g/mol. The fraction of sp³-hybridized carbons (Fsp3) is 0.353. The molecule has 116 valence electrons. The Hall–Kier alpha value is -2.43. The number of carbonyl (C=O) groups excluding carboxylic acids is 1. The molecule has 0 saturated heterocycles. The normalized spacial score (nSPS) is 10.4. The molecule has 2 rings (SSSR count). The van der Waals surface area contributed by atoms with Crippen LogP contribution in [0.4, 0.5) is 11.5 Å². The van der Waals surface area contributed by atoms with Gasteiger partial charge in [-0.1, -0.05) is 18.2 Å². The Morgan fingerprint density at radius 2 is 1.73 bits per heavy atom. The van der Waals surface area contributed by atoms with Crippen LogP contribution in [0.2, 0.25) is 0 Å². The Bertz CT molecular complexity index is 638. The van der Waals surface area contributed by atoms with E-state index < -0.39 is 0 Å². The zero-order chi connectivity index (χ0) is 16.1. The van der Waals surface area contributed by atoms with E-state index in [9.17, 15) is 4.79 Å². The Labute approximate surface area is 131 Å². The molecule has 1 aromatic heterocycles. The molecule has 0 spiro atoms. The first kappa shape index (κ1) is 15.9. The van der Waals surface area contributed by atoms with Gasteiger partial charge in [-0.2, -0.15) is 0 Å². The second kappa shape index (κ2) is 7.02. The predicted octanol–water partition coefficient (Wildman–Crippen LogP) is 3.03. The van der Waals surface area contributed by atoms with Crippen LogP contribution in [-0.4, -0.2) is 40.9 Å². The fourth-order valence-corrected chi connectivity index (χ4v) is 2.29. The van der Waals surface area contributed by atoms with Gasteiger partial charge in [-0.05, 0) is 32.9 Å². The van der Waals surface area contributed by atoms with E-state index in [4.69, 9.17) is 0 Å². The molecule has 0 unspecified atom stereocenters. The van der Waals surface area contributed by atoms with Crippen molar-refractivity contribution >= 4 is 17.4 Å². The van der Waals surface area contributed by atoms with E-state index in [1.165, 1.54) is 0 Å². The van der Waals surface area contributed by atoms with Crippen LogP contribution in [0.1, 0.15) is 30.2 Å². The molecule has 0 saturated carbocycles. The average Bonchev–Trinajstić information content (AvgIpc) is 2.55. The number of anilines is 2. The van der Waals surface area contributed by atoms with Crippen LogP contribution in [0.3, 0.4) is 0 Å². The minimum absolute atomic E-state index is 0.0572. The number of hydrogen-bond donors (Lipinski definition) is 0. The van der Waals surface area contributed by atoms with Gasteiger partial charge in [0.15, 0.2) is 0 Å². The molecular weight excluding hydrogens is 276 g/mol. The number of para-hydroxylation sites is 1. The molecule has 0 atom stereocenters. The van der Waals surface area contributed by atoms with E-state index >= 15 is 0 Å². The second-order valence-corrected chi connectivity index (χ2v) is 5.03. The van der Waals surface area contributed by atoms with Gasteiger partial charge in [-0.15, -0.1) is 0 Å². The Balaban J connectivity index is 2.37. The molecule has 0 radical (unpaired) electrons. The summed E-state index contributed by atoms with van der Waals surface area (Å²) in [5.74, 6) is 1.25. The number of nitrogens with zero attached hydrogens (tertiary/aromatic N) is 4. The summed E-state index contributed by atoms with van der Waals surface area (Å²) in [6, 6.07) is 11.7. The van der Waals surface area contributed by atoms with Crippen LogP contribution in [0.25, 0.3) is 0 Å². The summed E-state index contributed by atoms with van der Waals surface area (Å²) in [7, 11) is 1.93. The van der Waals surface area contributed by atoms with Gasteiger partial charge in [0.1, 0.15) is 17.3 Å². The summed E-state index contributed by atoms with van der Waals surface area (Å²) >= 11 is 0. The summed E-state index contributed by atoms with van der Waals surface area (Å²) in [5.41, 5.74) is 1.45. The highest BCUT2D eigenvalue weighted by molar-refractivity contribution is 5.93. The molecule has 0 aliphatic heterocycles. The van der Waals surface area contributed by atoms with Crippen molar-refractivity contribution in [2.45, 2.75) is 20.8 Å². The molecule has 0 fully saturated rings. The van der Waals surface area contributed by atoms with Crippen LogP contribution in [0.5, 0.6) is 0 Å². The number of carbonyl (C=O) groups is 1. The fourth-order valence-electron chi connectivity index (χ4n) is 2.29. The lowest BCUT2D eigenvalue weighted by Crippen LogP contribution is -2.31. The third-order valence-electron chi connectivity index (χ3n) is 3.58. The molecule has 5 nitrogen and oxygen atoms in total. The maximum Gasteiger partial charge on any atom is 0.272 e. The highest BCUT2D eigenvalue weighted by atomic mass is 16.2. The van der Waals surface area contributed by atoms with Crippen molar-refractivity contribution in [3.05, 3.63) is 47.9 Å². The zero-order valence-electron chi connectivity index (χ0n) is 13.6. The molecule has 1 amide bonds. The Morgan fingerprint density at radius 1 is 1.09 bits per heavy atom. The summed E-state index contributed by atoms with van der Waals surface area (Å²) < 4.78 is 0. The lowest BCUT2D eigenvalue weighted by Gasteiger charge is -2.21. The standard InChI is InChI=1S/C17H22N4O/c1-5-21(6-2)17(22)15-12-16(19-13(3)18-15)20(4)14-10-8-7-9-11-14/h7-12H,5-6H2,1-4H3. The quantitative estimate of drug-likeness (QED) is 0.851. The molecule has 1 heterocycles. The molecule has 22 heavy (non-hydrogen) atoms. The molecule has 0 aliphatic rings. The molecule has 1 aromatic carbocycles. The highest BCUT2D eigenvalue weighted by Gasteiger charge is 2.17. The number of rotatable bonds is 5. The topological polar surface area (TPSA) is 49.3 Å². The predicted molar refractivity (Wildman–Crippen MR) is 88.5 cm³/mol. The first-order valence-electron chi connectivity index (χ1n) is 7.50. The zero-order valence-corrected chi connectivity index (χ0v) is 13.6. The van der Waals surface area contributed by atoms with Crippen LogP contribution >= 0.6 is 0 Å². The van der Waals surface area contributed by atoms with Crippen molar-refractivity contribution in [1.82, 2.24) is 14.9 Å². The summed E-state index contributed by atoms with van der Waals surface area (Å²) in [4.78, 5) is 24.9. The number of aromatic nitrogens is 2. The molecule has 5 heteroatoms. The van der Waals surface area contributed by atoms with Gasteiger partial charge in [-0.25, -0.2) is 9.97 Å². The maximum absolute atomic E-state index is 12.5. The number of benzene rings is 1. The van der Waals surface area contributed by atoms with Crippen LogP contribution in [0, 0.1) is 6.92 Å². The van der Waals surface area contributed by atoms with Crippen LogP contribution < -0.4 is 4.90 Å².